The van der Waals surface area contributed by atoms with E-state index < -0.39 is 0 Å². The van der Waals surface area contributed by atoms with Crippen LogP contribution in [0.5, 0.6) is 5.75 Å². The van der Waals surface area contributed by atoms with Crippen LogP contribution in [0.3, 0.4) is 0 Å². The van der Waals surface area contributed by atoms with Gasteiger partial charge in [-0.2, -0.15) is 0 Å². The Balaban J connectivity index is 1.98. The van der Waals surface area contributed by atoms with Gasteiger partial charge in [-0.1, -0.05) is 43.1 Å². The van der Waals surface area contributed by atoms with Gasteiger partial charge in [0.05, 0.1) is 6.61 Å². The number of benzene rings is 2. The molecule has 21 heavy (non-hydrogen) atoms. The number of nitrogens with one attached hydrogen (secondary N) is 1. The van der Waals surface area contributed by atoms with Crippen LogP contribution in [0.2, 0.25) is 10.0 Å². The molecule has 2 aromatic carbocycles. The van der Waals surface area contributed by atoms with Crippen LogP contribution in [0.1, 0.15) is 19.4 Å². The monoisotopic (exact) mass is 323 g/mol. The van der Waals surface area contributed by atoms with Crippen LogP contribution in [-0.4, -0.2) is 6.61 Å². The van der Waals surface area contributed by atoms with E-state index in [2.05, 4.69) is 19.2 Å². The Kier molecular flexibility index (Phi) is 5.77. The molecule has 2 nitrogen and oxygen atoms in total. The summed E-state index contributed by atoms with van der Waals surface area (Å²) < 4.78 is 5.72. The summed E-state index contributed by atoms with van der Waals surface area (Å²) in [6.45, 7) is 5.64. The third-order valence-electron chi connectivity index (χ3n) is 2.84. The van der Waals surface area contributed by atoms with E-state index in [-0.39, 0.29) is 0 Å². The predicted octanol–water partition coefficient (Wildman–Crippen LogP) is 5.64. The summed E-state index contributed by atoms with van der Waals surface area (Å²) in [5.41, 5.74) is 2.05. The van der Waals surface area contributed by atoms with Gasteiger partial charge >= 0.3 is 0 Å². The molecule has 0 unspecified atom stereocenters. The molecular formula is C17H19Cl2NO. The lowest BCUT2D eigenvalue weighted by molar-refractivity contribution is 0.271. The summed E-state index contributed by atoms with van der Waals surface area (Å²) >= 11 is 12.0. The molecule has 0 fully saturated rings. The normalized spacial score (nSPS) is 10.7. The van der Waals surface area contributed by atoms with E-state index in [1.165, 1.54) is 0 Å². The first-order valence-electron chi connectivity index (χ1n) is 6.94. The van der Waals surface area contributed by atoms with Gasteiger partial charge in [0.25, 0.3) is 0 Å². The molecule has 0 amide bonds. The second-order valence-corrected chi connectivity index (χ2v) is 6.24. The molecule has 4 heteroatoms. The fraction of sp³-hybridized carbons (Fsp3) is 0.294. The van der Waals surface area contributed by atoms with Crippen LogP contribution >= 0.6 is 23.2 Å². The Hall–Kier alpha value is -1.38. The van der Waals surface area contributed by atoms with Gasteiger partial charge in [-0.3, -0.25) is 0 Å². The molecule has 0 atom stereocenters. The van der Waals surface area contributed by atoms with Crippen molar-refractivity contribution in [2.75, 3.05) is 11.9 Å². The van der Waals surface area contributed by atoms with E-state index in [1.54, 1.807) is 6.07 Å². The molecule has 0 aliphatic rings. The first kappa shape index (κ1) is 16.0. The average molecular weight is 324 g/mol. The molecule has 2 rings (SSSR count). The van der Waals surface area contributed by atoms with Crippen molar-refractivity contribution in [1.82, 2.24) is 0 Å². The maximum absolute atomic E-state index is 6.00. The van der Waals surface area contributed by atoms with E-state index >= 15 is 0 Å². The van der Waals surface area contributed by atoms with Gasteiger partial charge in [0.1, 0.15) is 5.75 Å². The zero-order valence-electron chi connectivity index (χ0n) is 12.2. The maximum atomic E-state index is 6.00. The Morgan fingerprint density at radius 3 is 2.43 bits per heavy atom. The van der Waals surface area contributed by atoms with Crippen LogP contribution in [0.25, 0.3) is 0 Å². The minimum Gasteiger partial charge on any atom is -0.493 e. The van der Waals surface area contributed by atoms with E-state index in [0.717, 1.165) is 17.0 Å². The zero-order chi connectivity index (χ0) is 15.2. The Morgan fingerprint density at radius 1 is 1.05 bits per heavy atom. The van der Waals surface area contributed by atoms with Crippen LogP contribution in [0, 0.1) is 5.92 Å². The van der Waals surface area contributed by atoms with Crippen molar-refractivity contribution < 1.29 is 4.74 Å². The van der Waals surface area contributed by atoms with Crippen molar-refractivity contribution in [3.05, 3.63) is 58.1 Å². The summed E-state index contributed by atoms with van der Waals surface area (Å²) in [4.78, 5) is 0. The summed E-state index contributed by atoms with van der Waals surface area (Å²) in [6, 6.07) is 13.5. The Labute approximate surface area is 136 Å². The predicted molar refractivity (Wildman–Crippen MR) is 90.6 cm³/mol. The highest BCUT2D eigenvalue weighted by molar-refractivity contribution is 6.34. The maximum Gasteiger partial charge on any atom is 0.121 e. The van der Waals surface area contributed by atoms with E-state index in [4.69, 9.17) is 27.9 Å². The Bertz CT molecular complexity index is 579. The second-order valence-electron chi connectivity index (χ2n) is 5.36. The molecule has 0 aromatic heterocycles. The lowest BCUT2D eigenvalue weighted by Crippen LogP contribution is -2.05. The van der Waals surface area contributed by atoms with Gasteiger partial charge < -0.3 is 10.1 Å². The minimum atomic E-state index is 0.509. The molecule has 0 bridgehead atoms. The topological polar surface area (TPSA) is 21.3 Å². The number of rotatable bonds is 6. The fourth-order valence-electron chi connectivity index (χ4n) is 1.88. The van der Waals surface area contributed by atoms with Crippen molar-refractivity contribution in [2.24, 2.45) is 5.92 Å². The molecule has 2 aromatic rings. The Morgan fingerprint density at radius 2 is 1.76 bits per heavy atom. The highest BCUT2D eigenvalue weighted by atomic mass is 35.5. The van der Waals surface area contributed by atoms with Crippen molar-refractivity contribution >= 4 is 28.9 Å². The molecule has 0 aliphatic heterocycles. The molecule has 0 saturated carbocycles. The number of anilines is 1. The second kappa shape index (κ2) is 7.58. The van der Waals surface area contributed by atoms with Gasteiger partial charge in [0.2, 0.25) is 0 Å². The molecule has 1 N–H and O–H groups in total. The van der Waals surface area contributed by atoms with Crippen LogP contribution < -0.4 is 10.1 Å². The summed E-state index contributed by atoms with van der Waals surface area (Å²) in [7, 11) is 0. The zero-order valence-corrected chi connectivity index (χ0v) is 13.7. The quantitative estimate of drug-likeness (QED) is 0.742. The summed E-state index contributed by atoms with van der Waals surface area (Å²) in [5, 5.41) is 4.64. The van der Waals surface area contributed by atoms with E-state index in [1.807, 2.05) is 36.4 Å². The molecule has 112 valence electrons. The van der Waals surface area contributed by atoms with Gasteiger partial charge in [0.15, 0.2) is 0 Å². The van der Waals surface area contributed by atoms with Crippen LogP contribution in [0.15, 0.2) is 42.5 Å². The third-order valence-corrected chi connectivity index (χ3v) is 3.27. The van der Waals surface area contributed by atoms with Crippen molar-refractivity contribution in [3.8, 4) is 5.75 Å². The average Bonchev–Trinajstić information content (AvgIpc) is 2.42. The molecule has 0 saturated heterocycles. The molecule has 0 heterocycles. The number of hydrogen-bond donors (Lipinski definition) is 1. The smallest absolute Gasteiger partial charge is 0.121 e. The largest absolute Gasteiger partial charge is 0.493 e. The van der Waals surface area contributed by atoms with Gasteiger partial charge in [-0.15, -0.1) is 0 Å². The first-order valence-corrected chi connectivity index (χ1v) is 7.70. The standard InChI is InChI=1S/C17H19Cl2NO/c1-12(2)11-21-17-5-3-4-16(9-17)20-10-13-6-14(18)8-15(19)7-13/h3-9,12,20H,10-11H2,1-2H3. The van der Waals surface area contributed by atoms with Gasteiger partial charge in [0, 0.05) is 28.3 Å². The highest BCUT2D eigenvalue weighted by Gasteiger charge is 2.01. The lowest BCUT2D eigenvalue weighted by Gasteiger charge is -2.11. The third kappa shape index (κ3) is 5.49. The lowest BCUT2D eigenvalue weighted by atomic mass is 10.2. The minimum absolute atomic E-state index is 0.509. The fourth-order valence-corrected chi connectivity index (χ4v) is 2.45. The van der Waals surface area contributed by atoms with Crippen molar-refractivity contribution in [3.63, 3.8) is 0 Å². The van der Waals surface area contributed by atoms with E-state index in [0.29, 0.717) is 29.1 Å². The van der Waals surface area contributed by atoms with E-state index in [9.17, 15) is 0 Å². The van der Waals surface area contributed by atoms with Gasteiger partial charge in [-0.05, 0) is 41.8 Å². The number of hydrogen-bond acceptors (Lipinski definition) is 2. The van der Waals surface area contributed by atoms with Gasteiger partial charge in [-0.25, -0.2) is 0 Å². The van der Waals surface area contributed by atoms with Crippen LogP contribution in [0.4, 0.5) is 5.69 Å². The van der Waals surface area contributed by atoms with Crippen LogP contribution in [-0.2, 0) is 6.54 Å². The van der Waals surface area contributed by atoms with Crippen molar-refractivity contribution in [2.45, 2.75) is 20.4 Å². The number of ether oxygens (including phenoxy) is 1. The molecule has 0 aliphatic carbocycles. The first-order chi connectivity index (χ1) is 10.0. The highest BCUT2D eigenvalue weighted by Crippen LogP contribution is 2.22. The molecule has 0 spiro atoms. The SMILES string of the molecule is CC(C)COc1cccc(NCc2cc(Cl)cc(Cl)c2)c1. The summed E-state index contributed by atoms with van der Waals surface area (Å²) in [5.74, 6) is 1.38. The van der Waals surface area contributed by atoms with Crippen molar-refractivity contribution in [1.29, 1.82) is 0 Å². The summed E-state index contributed by atoms with van der Waals surface area (Å²) in [6.07, 6.45) is 0. The number of halogens is 2. The molecule has 0 radical (unpaired) electrons. The molecular weight excluding hydrogens is 305 g/mol.